The van der Waals surface area contributed by atoms with Crippen LogP contribution in [0.3, 0.4) is 0 Å². The maximum Gasteiger partial charge on any atom is 1.00 e. The van der Waals surface area contributed by atoms with E-state index in [2.05, 4.69) is 62.2 Å². The first kappa shape index (κ1) is 60.1. The van der Waals surface area contributed by atoms with E-state index in [1.165, 1.54) is 84.7 Å². The van der Waals surface area contributed by atoms with Gasteiger partial charge in [-0.15, -0.1) is 11.8 Å². The van der Waals surface area contributed by atoms with Gasteiger partial charge in [-0.05, 0) is 125 Å². The third-order valence-corrected chi connectivity index (χ3v) is 14.9. The molecule has 0 amide bonds. The number of Topliss-reactive ketones (excluding diaryl/α,β-unsaturated/α-hetero) is 1. The molecule has 4 saturated carbocycles. The number of methoxy groups -OCH3 is 2. The Morgan fingerprint density at radius 2 is 1.08 bits per heavy atom. The number of carbonyl (C=O) groups excluding carboxylic acids is 5. The van der Waals surface area contributed by atoms with Crippen molar-refractivity contribution in [3.05, 3.63) is 12.2 Å². The van der Waals surface area contributed by atoms with Crippen LogP contribution >= 0.6 is 7.14 Å². The predicted molar refractivity (Wildman–Crippen MR) is 258 cm³/mol. The Balaban J connectivity index is 0.000000990. The van der Waals surface area contributed by atoms with Gasteiger partial charge in [0.25, 0.3) is 0 Å². The van der Waals surface area contributed by atoms with E-state index in [0.717, 1.165) is 38.5 Å². The van der Waals surface area contributed by atoms with Gasteiger partial charge in [-0.2, -0.15) is 0 Å². The average Bonchev–Trinajstić information content (AvgIpc) is 4.18. The molecule has 0 N–H and O–H groups in total. The van der Waals surface area contributed by atoms with Gasteiger partial charge in [0, 0.05) is 55.3 Å². The van der Waals surface area contributed by atoms with Crippen LogP contribution in [0, 0.1) is 94.7 Å². The van der Waals surface area contributed by atoms with Crippen LogP contribution < -0.4 is 29.6 Å². The number of carbonyl (C=O) groups is 5. The number of allylic oxidation sites excluding steroid dienone is 2. The molecule has 0 aromatic rings. The molecule has 0 aliphatic heterocycles. The Bertz CT molecular complexity index is 1630. The monoisotopic (exact) mass is 919 g/mol. The standard InChI is InChI=1S/C26H40O3.C16H28O3.C12H19O2P.Na.H/c1-19(10-9-11-22-14-15-22)25(27)17-16-24-21(3)18-20(2)23(24)12-7-5-6-8-13-26(28)29-4;1-12-10-13(2)15(11-17)14(12)8-6-4-5-7-9-16(18)19-3;1-10(5-4-6-11-7-8-11)12(13)9-15(2,3)14;;/h16-17,19-24H,5-8,10,12-15,18H2,1-4H3;11-15H,4-10H2,1-3H3;10-11H,5,7-9H2,1-3H3;;/q;;;+1;-1/b17-16+;;;;/t19-,20-,21+,23-,24-;12-,13+,14-,15-;10-;;/m000../s1. The van der Waals surface area contributed by atoms with Crippen molar-refractivity contribution in [3.8, 4) is 23.7 Å². The molecule has 64 heavy (non-hydrogen) atoms. The van der Waals surface area contributed by atoms with Crippen LogP contribution in [0.2, 0.25) is 0 Å². The van der Waals surface area contributed by atoms with Gasteiger partial charge in [0.2, 0.25) is 0 Å². The fraction of sp³-hybridized carbons (Fsp3) is 0.796. The minimum Gasteiger partial charge on any atom is -1.00 e. The van der Waals surface area contributed by atoms with E-state index >= 15 is 0 Å². The third-order valence-electron chi connectivity index (χ3n) is 13.8. The largest absolute Gasteiger partial charge is 1.00 e. The van der Waals surface area contributed by atoms with Gasteiger partial charge < -0.3 is 20.3 Å². The molecule has 4 aliphatic rings. The van der Waals surface area contributed by atoms with Gasteiger partial charge in [-0.1, -0.05) is 98.0 Å². The molecule has 0 aromatic carbocycles. The Labute approximate surface area is 414 Å². The van der Waals surface area contributed by atoms with Crippen LogP contribution in [0.4, 0.5) is 0 Å². The summed E-state index contributed by atoms with van der Waals surface area (Å²) in [5, 5.41) is 0. The summed E-state index contributed by atoms with van der Waals surface area (Å²) >= 11 is 0. The van der Waals surface area contributed by atoms with Crippen molar-refractivity contribution in [2.75, 3.05) is 33.7 Å². The molecule has 10 heteroatoms. The summed E-state index contributed by atoms with van der Waals surface area (Å²) in [6.07, 6.45) is 26.3. The minimum atomic E-state index is -2.21. The SMILES string of the molecule is COC(=O)CCCCCC[C@@H]1[C@@H](/C=C/C(=O)[C@@H](C)CC#CC2CC2)[C@H](C)C[C@@H]1C.COC(=O)CCCCCC[C@@H]1[C@@H](C=O)[C@H](C)C[C@@H]1C.C[C@@H](CC#CC1CC1)C(=O)CP(C)(C)=O.[H-].[Na+]. The van der Waals surface area contributed by atoms with Gasteiger partial charge in [0.15, 0.2) is 5.78 Å². The molecule has 0 radical (unpaired) electrons. The van der Waals surface area contributed by atoms with Crippen LogP contribution in [-0.4, -0.2) is 63.5 Å². The second-order valence-electron chi connectivity index (χ2n) is 20.4. The molecule has 358 valence electrons. The second kappa shape index (κ2) is 32.7. The van der Waals surface area contributed by atoms with Crippen LogP contribution in [0.25, 0.3) is 0 Å². The molecule has 4 rings (SSSR count). The Morgan fingerprint density at radius 1 is 0.656 bits per heavy atom. The molecule has 4 fully saturated rings. The van der Waals surface area contributed by atoms with E-state index in [9.17, 15) is 28.5 Å². The predicted octanol–water partition coefficient (Wildman–Crippen LogP) is 9.31. The number of ketones is 2. The first-order valence-corrected chi connectivity index (χ1v) is 27.5. The summed E-state index contributed by atoms with van der Waals surface area (Å²) in [7, 11) is 0.673. The summed E-state index contributed by atoms with van der Waals surface area (Å²) in [4.78, 5) is 57.4. The normalized spacial score (nSPS) is 25.6. The zero-order valence-corrected chi connectivity index (χ0v) is 45.1. The van der Waals surface area contributed by atoms with Crippen LogP contribution in [-0.2, 0) is 38.0 Å². The molecular weight excluding hydrogens is 831 g/mol. The molecule has 0 bridgehead atoms. The van der Waals surface area contributed by atoms with Crippen molar-refractivity contribution in [2.45, 2.75) is 170 Å². The zero-order chi connectivity index (χ0) is 47.0. The third kappa shape index (κ3) is 25.8. The number of hydrogen-bond donors (Lipinski definition) is 0. The molecule has 10 atom stereocenters. The topological polar surface area (TPSA) is 121 Å². The van der Waals surface area contributed by atoms with Crippen molar-refractivity contribution in [1.82, 2.24) is 0 Å². The van der Waals surface area contributed by atoms with E-state index < -0.39 is 7.14 Å². The number of aldehydes is 1. The van der Waals surface area contributed by atoms with Crippen molar-refractivity contribution in [2.24, 2.45) is 71.0 Å². The van der Waals surface area contributed by atoms with E-state index in [0.29, 0.717) is 78.9 Å². The van der Waals surface area contributed by atoms with Crippen LogP contribution in [0.15, 0.2) is 12.2 Å². The van der Waals surface area contributed by atoms with Gasteiger partial charge in [-0.25, -0.2) is 0 Å². The van der Waals surface area contributed by atoms with E-state index in [-0.39, 0.29) is 78.4 Å². The maximum atomic E-state index is 12.5. The molecular formula is C54H88NaO8P. The number of rotatable bonds is 23. The zero-order valence-electron chi connectivity index (χ0n) is 43.2. The fourth-order valence-corrected chi connectivity index (χ4v) is 10.5. The van der Waals surface area contributed by atoms with Gasteiger partial charge in [-0.3, -0.25) is 19.2 Å². The summed E-state index contributed by atoms with van der Waals surface area (Å²) in [5.74, 6) is 18.5. The molecule has 0 unspecified atom stereocenters. The molecule has 4 aliphatic carbocycles. The molecule has 0 spiro atoms. The molecule has 0 heterocycles. The minimum absolute atomic E-state index is 0. The number of unbranched alkanes of at least 4 members (excludes halogenated alkanes) is 6. The average molecular weight is 919 g/mol. The Morgan fingerprint density at radius 3 is 1.50 bits per heavy atom. The van der Waals surface area contributed by atoms with E-state index in [1.807, 2.05) is 19.9 Å². The molecule has 0 saturated heterocycles. The summed E-state index contributed by atoms with van der Waals surface area (Å²) in [6.45, 7) is 16.4. The number of hydrogen-bond acceptors (Lipinski definition) is 8. The van der Waals surface area contributed by atoms with Crippen LogP contribution in [0.1, 0.15) is 171 Å². The van der Waals surface area contributed by atoms with Gasteiger partial charge in [0.1, 0.15) is 12.1 Å². The Hall–Kier alpha value is -1.96. The van der Waals surface area contributed by atoms with E-state index in [4.69, 9.17) is 4.74 Å². The summed E-state index contributed by atoms with van der Waals surface area (Å²) in [6, 6.07) is 0. The maximum absolute atomic E-state index is 12.5. The van der Waals surface area contributed by atoms with Crippen LogP contribution in [0.5, 0.6) is 0 Å². The quantitative estimate of drug-likeness (QED) is 0.0189. The first-order valence-electron chi connectivity index (χ1n) is 24.7. The summed E-state index contributed by atoms with van der Waals surface area (Å²) < 4.78 is 20.8. The van der Waals surface area contributed by atoms with Gasteiger partial charge in [0.05, 0.1) is 27.5 Å². The first-order chi connectivity index (χ1) is 29.9. The van der Waals surface area contributed by atoms with Crippen molar-refractivity contribution >= 4 is 36.9 Å². The number of esters is 2. The van der Waals surface area contributed by atoms with Gasteiger partial charge >= 0.3 is 41.5 Å². The summed E-state index contributed by atoms with van der Waals surface area (Å²) in [5.41, 5.74) is 0. The number of ether oxygens (including phenoxy) is 2. The fourth-order valence-electron chi connectivity index (χ4n) is 9.45. The van der Waals surface area contributed by atoms with E-state index in [1.54, 1.807) is 13.3 Å². The van der Waals surface area contributed by atoms with Crippen molar-refractivity contribution in [3.63, 3.8) is 0 Å². The van der Waals surface area contributed by atoms with Crippen molar-refractivity contribution < 1.29 is 69.0 Å². The Kier molecular flexibility index (Phi) is 30.7. The molecule has 8 nitrogen and oxygen atoms in total. The second-order valence-corrected chi connectivity index (χ2v) is 23.9. The molecule has 0 aromatic heterocycles. The smallest absolute Gasteiger partial charge is 1.00 e. The van der Waals surface area contributed by atoms with Crippen molar-refractivity contribution in [1.29, 1.82) is 0 Å².